The molecule has 2 aromatic heterocycles. The zero-order chi connectivity index (χ0) is 34.9. The van der Waals surface area contributed by atoms with Gasteiger partial charge in [-0.1, -0.05) is 81.4 Å². The van der Waals surface area contributed by atoms with Crippen LogP contribution in [0.1, 0.15) is 73.6 Å². The van der Waals surface area contributed by atoms with Gasteiger partial charge in [-0.25, -0.2) is 9.18 Å². The quantitative estimate of drug-likeness (QED) is 0.116. The van der Waals surface area contributed by atoms with Crippen molar-refractivity contribution in [1.82, 2.24) is 13.9 Å². The summed E-state index contributed by atoms with van der Waals surface area (Å²) in [6.45, 7) is 7.03. The molecule has 0 saturated heterocycles. The zero-order valence-electron chi connectivity index (χ0n) is 28.7. The molecule has 0 atom stereocenters. The molecule has 0 aliphatic rings. The molecule has 0 unspecified atom stereocenters. The topological polar surface area (TPSA) is 85.0 Å². The summed E-state index contributed by atoms with van der Waals surface area (Å²) in [6.07, 6.45) is 4.40. The maximum absolute atomic E-state index is 15.0. The highest BCUT2D eigenvalue weighted by Gasteiger charge is 2.25. The van der Waals surface area contributed by atoms with Crippen molar-refractivity contribution in [2.24, 2.45) is 0 Å². The molecule has 5 rings (SSSR count). The van der Waals surface area contributed by atoms with Gasteiger partial charge in [0.25, 0.3) is 5.56 Å². The van der Waals surface area contributed by atoms with E-state index < -0.39 is 11.5 Å². The van der Waals surface area contributed by atoms with Crippen molar-refractivity contribution in [2.75, 3.05) is 18.9 Å². The molecule has 9 heteroatoms. The van der Waals surface area contributed by atoms with Crippen molar-refractivity contribution in [3.05, 3.63) is 130 Å². The van der Waals surface area contributed by atoms with Crippen LogP contribution in [0.3, 0.4) is 0 Å². The third-order valence-corrected chi connectivity index (χ3v) is 8.80. The highest BCUT2D eigenvalue weighted by molar-refractivity contribution is 5.91. The lowest BCUT2D eigenvalue weighted by atomic mass is 10.0. The molecule has 5 aromatic rings. The Morgan fingerprint density at radius 1 is 0.939 bits per heavy atom. The molecule has 0 aliphatic heterocycles. The molecule has 2 heterocycles. The molecule has 0 aliphatic carbocycles. The first kappa shape index (κ1) is 35.3. The first-order chi connectivity index (χ1) is 23.7. The Balaban J connectivity index is 1.66. The summed E-state index contributed by atoms with van der Waals surface area (Å²) >= 11 is 0. The van der Waals surface area contributed by atoms with Gasteiger partial charge < -0.3 is 19.5 Å². The number of benzene rings is 3. The SMILES string of the molecule is CCCC(=O)Nc1ccc(-c2cc3n(Cc4ccccc4F)cc(C(=O)OC(CC)CC)c(=O)n3c2CN(C)CCc2ccccc2)cc1. The van der Waals surface area contributed by atoms with Crippen molar-refractivity contribution >= 4 is 23.2 Å². The molecule has 0 radical (unpaired) electrons. The van der Waals surface area contributed by atoms with Crippen LogP contribution in [0.2, 0.25) is 0 Å². The molecule has 0 saturated carbocycles. The number of nitrogens with zero attached hydrogens (tertiary/aromatic N) is 3. The average Bonchev–Trinajstić information content (AvgIpc) is 3.48. The second kappa shape index (κ2) is 16.4. The van der Waals surface area contributed by atoms with Crippen LogP contribution < -0.4 is 10.9 Å². The summed E-state index contributed by atoms with van der Waals surface area (Å²) in [6, 6.07) is 26.1. The smallest absolute Gasteiger partial charge is 0.345 e. The van der Waals surface area contributed by atoms with E-state index in [4.69, 9.17) is 4.74 Å². The molecule has 3 aromatic carbocycles. The Labute approximate surface area is 287 Å². The maximum Gasteiger partial charge on any atom is 0.345 e. The van der Waals surface area contributed by atoms with Crippen molar-refractivity contribution in [1.29, 1.82) is 0 Å². The summed E-state index contributed by atoms with van der Waals surface area (Å²) < 4.78 is 24.1. The molecular formula is C40H45FN4O4. The largest absolute Gasteiger partial charge is 0.459 e. The summed E-state index contributed by atoms with van der Waals surface area (Å²) in [5.74, 6) is -1.13. The minimum Gasteiger partial charge on any atom is -0.459 e. The molecule has 0 spiro atoms. The van der Waals surface area contributed by atoms with Gasteiger partial charge in [-0.3, -0.25) is 14.0 Å². The number of likely N-dealkylation sites (N-methyl/N-ethyl adjacent to an activating group) is 1. The zero-order valence-corrected chi connectivity index (χ0v) is 28.7. The van der Waals surface area contributed by atoms with Crippen molar-refractivity contribution in [3.8, 4) is 11.1 Å². The number of amides is 1. The molecular weight excluding hydrogens is 619 g/mol. The molecule has 0 fully saturated rings. The van der Waals surface area contributed by atoms with Gasteiger partial charge >= 0.3 is 5.97 Å². The molecule has 1 N–H and O–H groups in total. The minimum atomic E-state index is -0.700. The van der Waals surface area contributed by atoms with E-state index in [1.54, 1.807) is 27.2 Å². The molecule has 0 bridgehead atoms. The number of carbonyl (C=O) groups excluding carboxylic acids is 2. The van der Waals surface area contributed by atoms with Gasteiger partial charge in [-0.15, -0.1) is 0 Å². The minimum absolute atomic E-state index is 0.0523. The van der Waals surface area contributed by atoms with E-state index >= 15 is 0 Å². The molecule has 8 nitrogen and oxygen atoms in total. The lowest BCUT2D eigenvalue weighted by molar-refractivity contribution is -0.116. The Kier molecular flexibility index (Phi) is 11.8. The van der Waals surface area contributed by atoms with Crippen molar-refractivity contribution in [2.45, 2.75) is 72.1 Å². The predicted molar refractivity (Wildman–Crippen MR) is 192 cm³/mol. The molecule has 1 amide bonds. The third kappa shape index (κ3) is 8.53. The summed E-state index contributed by atoms with van der Waals surface area (Å²) in [5.41, 5.74) is 4.55. The number of ether oxygens (including phenoxy) is 1. The van der Waals surface area contributed by atoms with Crippen LogP contribution in [0.25, 0.3) is 16.8 Å². The van der Waals surface area contributed by atoms with Gasteiger partial charge in [0.05, 0.1) is 6.54 Å². The molecule has 256 valence electrons. The Bertz CT molecular complexity index is 1950. The number of halogens is 1. The number of fused-ring (bicyclic) bond motifs is 1. The number of nitrogens with one attached hydrogen (secondary N) is 1. The van der Waals surface area contributed by atoms with Crippen LogP contribution in [-0.2, 0) is 29.0 Å². The fourth-order valence-electron chi connectivity index (χ4n) is 6.01. The van der Waals surface area contributed by atoms with Gasteiger partial charge in [0.2, 0.25) is 5.91 Å². The third-order valence-electron chi connectivity index (χ3n) is 8.80. The number of anilines is 1. The number of carbonyl (C=O) groups is 2. The summed E-state index contributed by atoms with van der Waals surface area (Å²) in [7, 11) is 2.00. The standard InChI is InChI=1S/C40H45FN4O4/c1-5-13-37(46)42-31-20-18-29(19-21-31)33-24-38-44(25-30-16-11-12-17-35(30)41)26-34(40(48)49-32(6-2)7-3)39(47)45(38)36(33)27-43(4)23-22-28-14-9-8-10-15-28/h8-12,14-21,24,26,32H,5-7,13,22-23,25,27H2,1-4H3,(H,42,46). The van der Waals surface area contributed by atoms with Crippen LogP contribution in [0.15, 0.2) is 95.9 Å². The Hall–Kier alpha value is -5.02. The number of hydrogen-bond acceptors (Lipinski definition) is 5. The van der Waals surface area contributed by atoms with Gasteiger partial charge in [-0.05, 0) is 68.1 Å². The van der Waals surface area contributed by atoms with E-state index in [2.05, 4.69) is 22.3 Å². The normalized spacial score (nSPS) is 11.4. The van der Waals surface area contributed by atoms with Gasteiger partial charge in [0.1, 0.15) is 23.1 Å². The lowest BCUT2D eigenvalue weighted by Crippen LogP contribution is -2.31. The highest BCUT2D eigenvalue weighted by Crippen LogP contribution is 2.30. The lowest BCUT2D eigenvalue weighted by Gasteiger charge is -2.19. The van der Waals surface area contributed by atoms with Crippen LogP contribution in [-0.4, -0.2) is 45.4 Å². The van der Waals surface area contributed by atoms with Crippen molar-refractivity contribution < 1.29 is 18.7 Å². The van der Waals surface area contributed by atoms with Crippen LogP contribution >= 0.6 is 0 Å². The van der Waals surface area contributed by atoms with Crippen LogP contribution in [0, 0.1) is 5.82 Å². The number of esters is 1. The number of rotatable bonds is 15. The second-order valence-electron chi connectivity index (χ2n) is 12.5. The van der Waals surface area contributed by atoms with Crippen molar-refractivity contribution in [3.63, 3.8) is 0 Å². The van der Waals surface area contributed by atoms with E-state index in [1.807, 2.05) is 76.3 Å². The van der Waals surface area contributed by atoms with Crippen LogP contribution in [0.4, 0.5) is 10.1 Å². The monoisotopic (exact) mass is 664 g/mol. The highest BCUT2D eigenvalue weighted by atomic mass is 19.1. The first-order valence-corrected chi connectivity index (χ1v) is 17.1. The van der Waals surface area contributed by atoms with Gasteiger partial charge in [-0.2, -0.15) is 0 Å². The maximum atomic E-state index is 15.0. The first-order valence-electron chi connectivity index (χ1n) is 17.1. The number of hydrogen-bond donors (Lipinski definition) is 1. The predicted octanol–water partition coefficient (Wildman–Crippen LogP) is 7.71. The second-order valence-corrected chi connectivity index (χ2v) is 12.5. The Morgan fingerprint density at radius 2 is 1.63 bits per heavy atom. The number of aromatic nitrogens is 2. The Morgan fingerprint density at radius 3 is 2.31 bits per heavy atom. The van der Waals surface area contributed by atoms with E-state index in [0.717, 1.165) is 30.5 Å². The van der Waals surface area contributed by atoms with E-state index in [1.165, 1.54) is 17.8 Å². The van der Waals surface area contributed by atoms with Gasteiger partial charge in [0, 0.05) is 48.2 Å². The van der Waals surface area contributed by atoms with E-state index in [0.29, 0.717) is 48.4 Å². The van der Waals surface area contributed by atoms with E-state index in [9.17, 15) is 18.8 Å². The summed E-state index contributed by atoms with van der Waals surface area (Å²) in [4.78, 5) is 42.3. The average molecular weight is 665 g/mol. The fourth-order valence-corrected chi connectivity index (χ4v) is 6.01. The van der Waals surface area contributed by atoms with E-state index in [-0.39, 0.29) is 29.9 Å². The van der Waals surface area contributed by atoms with Gasteiger partial charge in [0.15, 0.2) is 0 Å². The van der Waals surface area contributed by atoms with Crippen LogP contribution in [0.5, 0.6) is 0 Å². The summed E-state index contributed by atoms with van der Waals surface area (Å²) in [5, 5.41) is 2.93. The fraction of sp³-hybridized carbons (Fsp3) is 0.325. The molecule has 49 heavy (non-hydrogen) atoms.